The minimum absolute atomic E-state index is 0.188. The van der Waals surface area contributed by atoms with Crippen LogP contribution in [0.2, 0.25) is 0 Å². The molecule has 0 fully saturated rings. The van der Waals surface area contributed by atoms with E-state index < -0.39 is 0 Å². The Hall–Kier alpha value is -1.75. The maximum atomic E-state index is 6.06. The van der Waals surface area contributed by atoms with Gasteiger partial charge in [0.15, 0.2) is 5.17 Å². The van der Waals surface area contributed by atoms with Gasteiger partial charge in [0.1, 0.15) is 0 Å². The second-order valence-corrected chi connectivity index (χ2v) is 7.85. The van der Waals surface area contributed by atoms with Crippen LogP contribution in [0.1, 0.15) is 30.2 Å². The van der Waals surface area contributed by atoms with Crippen LogP contribution in [0.25, 0.3) is 11.3 Å². The van der Waals surface area contributed by atoms with Crippen LogP contribution in [-0.2, 0) is 19.0 Å². The molecule has 2 aliphatic rings. The third-order valence-electron chi connectivity index (χ3n) is 5.28. The molecule has 1 aliphatic heterocycles. The van der Waals surface area contributed by atoms with E-state index in [0.29, 0.717) is 5.92 Å². The average molecular weight is 326 g/mol. The van der Waals surface area contributed by atoms with Crippen molar-refractivity contribution in [2.24, 2.45) is 23.7 Å². The summed E-state index contributed by atoms with van der Waals surface area (Å²) in [6, 6.07) is 8.93. The van der Waals surface area contributed by atoms with Gasteiger partial charge in [-0.05, 0) is 55.9 Å². The summed E-state index contributed by atoms with van der Waals surface area (Å²) in [4.78, 5) is 4.87. The number of thioether (sulfide) groups is 1. The Morgan fingerprint density at radius 1 is 1.35 bits per heavy atom. The predicted octanol–water partition coefficient (Wildman–Crippen LogP) is 3.23. The van der Waals surface area contributed by atoms with Gasteiger partial charge in [0.25, 0.3) is 0 Å². The van der Waals surface area contributed by atoms with Crippen molar-refractivity contribution < 1.29 is 0 Å². The van der Waals surface area contributed by atoms with E-state index in [9.17, 15) is 0 Å². The molecule has 0 saturated carbocycles. The molecular formula is C18H22N4S. The molecule has 1 aliphatic carbocycles. The summed E-state index contributed by atoms with van der Waals surface area (Å²) in [6.07, 6.45) is 2.33. The van der Waals surface area contributed by atoms with Gasteiger partial charge in [-0.2, -0.15) is 5.10 Å². The highest BCUT2D eigenvalue weighted by Gasteiger charge is 2.42. The molecule has 0 bridgehead atoms. The van der Waals surface area contributed by atoms with E-state index in [4.69, 9.17) is 10.7 Å². The molecule has 0 spiro atoms. The van der Waals surface area contributed by atoms with Gasteiger partial charge in [-0.25, -0.2) is 0 Å². The van der Waals surface area contributed by atoms with Gasteiger partial charge >= 0.3 is 0 Å². The molecule has 1 aromatic heterocycles. The van der Waals surface area contributed by atoms with Crippen molar-refractivity contribution >= 4 is 16.9 Å². The van der Waals surface area contributed by atoms with Crippen LogP contribution in [0, 0.1) is 12.8 Å². The van der Waals surface area contributed by atoms with E-state index in [1.165, 1.54) is 23.1 Å². The lowest BCUT2D eigenvalue weighted by atomic mass is 9.70. The van der Waals surface area contributed by atoms with Crippen molar-refractivity contribution in [3.05, 3.63) is 41.1 Å². The summed E-state index contributed by atoms with van der Waals surface area (Å²) in [5.41, 5.74) is 12.0. The number of aromatic nitrogens is 2. The molecule has 2 atom stereocenters. The van der Waals surface area contributed by atoms with Crippen LogP contribution in [0.15, 0.2) is 29.3 Å². The number of hydrogen-bond donors (Lipinski definition) is 1. The van der Waals surface area contributed by atoms with Crippen molar-refractivity contribution in [3.63, 3.8) is 0 Å². The number of fused-ring (bicyclic) bond motifs is 3. The molecule has 2 N–H and O–H groups in total. The third kappa shape index (κ3) is 2.29. The average Bonchev–Trinajstić information content (AvgIpc) is 2.85. The van der Waals surface area contributed by atoms with Crippen LogP contribution in [0.5, 0.6) is 0 Å². The highest BCUT2D eigenvalue weighted by molar-refractivity contribution is 8.13. The third-order valence-corrected chi connectivity index (χ3v) is 6.24. The van der Waals surface area contributed by atoms with E-state index in [0.717, 1.165) is 28.7 Å². The number of aryl methyl sites for hydroxylation is 3. The highest BCUT2D eigenvalue weighted by Crippen LogP contribution is 2.47. The zero-order valence-corrected chi connectivity index (χ0v) is 14.7. The maximum absolute atomic E-state index is 6.06. The Balaban J connectivity index is 1.88. The van der Waals surface area contributed by atoms with Crippen molar-refractivity contribution in [2.45, 2.75) is 32.2 Å². The molecule has 0 radical (unpaired) electrons. The molecule has 4 nitrogen and oxygen atoms in total. The van der Waals surface area contributed by atoms with Gasteiger partial charge in [-0.1, -0.05) is 23.9 Å². The van der Waals surface area contributed by atoms with Crippen LogP contribution in [0.4, 0.5) is 0 Å². The standard InChI is InChI=1S/C18H22N4S/c1-11-8-16(22(3)21-11)13-5-4-12-6-7-14-10-23-17(19)20-18(14,2)15(12)9-13/h4-5,8-9,14H,6-7,10H2,1-3H3,(H2,19,20)/t14-,18+/m1/s1. The fraction of sp³-hybridized carbons (Fsp3) is 0.444. The number of nitrogens with zero attached hydrogens (tertiary/aromatic N) is 3. The Kier molecular flexibility index (Phi) is 3.30. The van der Waals surface area contributed by atoms with Crippen molar-refractivity contribution in [2.75, 3.05) is 5.75 Å². The van der Waals surface area contributed by atoms with E-state index in [1.807, 2.05) is 18.7 Å². The minimum Gasteiger partial charge on any atom is -0.379 e. The van der Waals surface area contributed by atoms with Crippen LogP contribution in [0.3, 0.4) is 0 Å². The van der Waals surface area contributed by atoms with Gasteiger partial charge < -0.3 is 5.73 Å². The lowest BCUT2D eigenvalue weighted by molar-refractivity contribution is 0.291. The molecule has 23 heavy (non-hydrogen) atoms. The topological polar surface area (TPSA) is 56.2 Å². The zero-order chi connectivity index (χ0) is 16.2. The van der Waals surface area contributed by atoms with Crippen LogP contribution < -0.4 is 5.73 Å². The predicted molar refractivity (Wildman–Crippen MR) is 96.6 cm³/mol. The lowest BCUT2D eigenvalue weighted by Gasteiger charge is -2.42. The SMILES string of the molecule is Cc1cc(-c2ccc3c(c2)[C@@]2(C)N=C(N)SC[C@H]2CC3)n(C)n1. The molecule has 2 aromatic rings. The monoisotopic (exact) mass is 326 g/mol. The normalized spacial score (nSPS) is 26.4. The summed E-state index contributed by atoms with van der Waals surface area (Å²) in [6.45, 7) is 4.28. The second-order valence-electron chi connectivity index (χ2n) is 6.81. The first-order valence-corrected chi connectivity index (χ1v) is 9.08. The van der Waals surface area contributed by atoms with Crippen LogP contribution >= 0.6 is 11.8 Å². The molecule has 0 saturated heterocycles. The van der Waals surface area contributed by atoms with Crippen molar-refractivity contribution in [1.29, 1.82) is 0 Å². The van der Waals surface area contributed by atoms with Gasteiger partial charge in [0.2, 0.25) is 0 Å². The first kappa shape index (κ1) is 14.8. The first-order chi connectivity index (χ1) is 11.0. The van der Waals surface area contributed by atoms with Gasteiger partial charge in [-0.15, -0.1) is 0 Å². The largest absolute Gasteiger partial charge is 0.379 e. The second kappa shape index (κ2) is 5.13. The van der Waals surface area contributed by atoms with Gasteiger partial charge in [0, 0.05) is 18.4 Å². The summed E-state index contributed by atoms with van der Waals surface area (Å²) in [5, 5.41) is 5.20. The Labute approximate surface area is 141 Å². The zero-order valence-electron chi connectivity index (χ0n) is 13.8. The van der Waals surface area contributed by atoms with Gasteiger partial charge in [-0.3, -0.25) is 9.67 Å². The van der Waals surface area contributed by atoms with Crippen molar-refractivity contribution in [3.8, 4) is 11.3 Å². The highest BCUT2D eigenvalue weighted by atomic mass is 32.2. The molecular weight excluding hydrogens is 304 g/mol. The number of benzene rings is 1. The number of rotatable bonds is 1. The molecule has 0 unspecified atom stereocenters. The van der Waals surface area contributed by atoms with E-state index >= 15 is 0 Å². The van der Waals surface area contributed by atoms with Crippen molar-refractivity contribution in [1.82, 2.24) is 9.78 Å². The number of nitrogens with two attached hydrogens (primary N) is 1. The van der Waals surface area contributed by atoms with E-state index in [2.05, 4.69) is 36.3 Å². The maximum Gasteiger partial charge on any atom is 0.154 e. The Morgan fingerprint density at radius 3 is 2.91 bits per heavy atom. The molecule has 1 aromatic carbocycles. The Morgan fingerprint density at radius 2 is 2.17 bits per heavy atom. The Bertz CT molecular complexity index is 807. The number of hydrogen-bond acceptors (Lipinski definition) is 4. The fourth-order valence-electron chi connectivity index (χ4n) is 3.98. The summed E-state index contributed by atoms with van der Waals surface area (Å²) in [7, 11) is 2.00. The summed E-state index contributed by atoms with van der Waals surface area (Å²) < 4.78 is 1.95. The number of amidine groups is 1. The quantitative estimate of drug-likeness (QED) is 0.875. The van der Waals surface area contributed by atoms with Crippen LogP contribution in [-0.4, -0.2) is 20.7 Å². The lowest BCUT2D eigenvalue weighted by Crippen LogP contribution is -2.41. The summed E-state index contributed by atoms with van der Waals surface area (Å²) in [5.74, 6) is 1.64. The smallest absolute Gasteiger partial charge is 0.154 e. The van der Waals surface area contributed by atoms with E-state index in [1.54, 1.807) is 11.8 Å². The molecule has 4 rings (SSSR count). The fourth-order valence-corrected chi connectivity index (χ4v) is 5.10. The molecule has 0 amide bonds. The number of aliphatic imine (C=N–C) groups is 1. The minimum atomic E-state index is -0.188. The molecule has 2 heterocycles. The first-order valence-electron chi connectivity index (χ1n) is 8.10. The molecule has 120 valence electrons. The summed E-state index contributed by atoms with van der Waals surface area (Å²) >= 11 is 1.70. The van der Waals surface area contributed by atoms with E-state index in [-0.39, 0.29) is 5.54 Å². The van der Waals surface area contributed by atoms with Gasteiger partial charge in [0.05, 0.1) is 16.9 Å². The molecule has 5 heteroatoms.